The van der Waals surface area contributed by atoms with E-state index in [9.17, 15) is 17.6 Å². The summed E-state index contributed by atoms with van der Waals surface area (Å²) in [5.74, 6) is -0.0532. The second-order valence-electron chi connectivity index (χ2n) is 7.12. The molecule has 0 spiro atoms. The van der Waals surface area contributed by atoms with Crippen LogP contribution in [0.1, 0.15) is 50.7 Å². The third-order valence-electron chi connectivity index (χ3n) is 4.03. The van der Waals surface area contributed by atoms with Gasteiger partial charge in [-0.15, -0.1) is 0 Å². The van der Waals surface area contributed by atoms with Crippen LogP contribution in [0.3, 0.4) is 0 Å². The van der Waals surface area contributed by atoms with Crippen LogP contribution in [0.5, 0.6) is 0 Å². The van der Waals surface area contributed by atoms with E-state index in [1.165, 1.54) is 18.4 Å². The van der Waals surface area contributed by atoms with Crippen molar-refractivity contribution in [2.75, 3.05) is 11.6 Å². The molecule has 0 saturated heterocycles. The van der Waals surface area contributed by atoms with Gasteiger partial charge in [-0.1, -0.05) is 33.8 Å². The lowest BCUT2D eigenvalue weighted by Crippen LogP contribution is -2.22. The van der Waals surface area contributed by atoms with Crippen LogP contribution >= 0.6 is 11.9 Å². The van der Waals surface area contributed by atoms with E-state index < -0.39 is 15.9 Å². The van der Waals surface area contributed by atoms with Crippen molar-refractivity contribution in [2.45, 2.75) is 49.3 Å². The second-order valence-corrected chi connectivity index (χ2v) is 9.85. The predicted octanol–water partition coefficient (Wildman–Crippen LogP) is 4.62. The molecule has 9 heteroatoms. The largest absolute Gasteiger partial charge is 0.351 e. The van der Waals surface area contributed by atoms with Gasteiger partial charge in [0.25, 0.3) is 0 Å². The number of carbonyl (C=O) groups excluding carboxylic acids is 1. The first-order chi connectivity index (χ1) is 13.4. The Morgan fingerprint density at radius 3 is 1.97 bits per heavy atom. The number of nitrogens with two attached hydrogens (primary N) is 2. The predicted molar refractivity (Wildman–Crippen MR) is 117 cm³/mol. The number of carbonyl (C=O) groups is 1. The summed E-state index contributed by atoms with van der Waals surface area (Å²) in [6, 6.07) is 8.81. The van der Waals surface area contributed by atoms with Crippen LogP contribution in [0.25, 0.3) is 0 Å². The van der Waals surface area contributed by atoms with Gasteiger partial charge in [-0.3, -0.25) is 5.14 Å². The Kier molecular flexibility index (Phi) is 9.13. The molecular formula is C20H28FN3O3S2. The number of urea groups is 1. The highest BCUT2D eigenvalue weighted by Gasteiger charge is 2.17. The highest BCUT2D eigenvalue weighted by molar-refractivity contribution is 7.97. The first-order valence-electron chi connectivity index (χ1n) is 8.93. The van der Waals surface area contributed by atoms with Crippen molar-refractivity contribution >= 4 is 33.5 Å². The van der Waals surface area contributed by atoms with Crippen molar-refractivity contribution in [3.8, 4) is 0 Å². The van der Waals surface area contributed by atoms with E-state index >= 15 is 0 Å². The zero-order valence-corrected chi connectivity index (χ0v) is 18.8. The van der Waals surface area contributed by atoms with Crippen molar-refractivity contribution in [3.05, 3.63) is 53.3 Å². The lowest BCUT2D eigenvalue weighted by Gasteiger charge is -2.19. The molecule has 6 nitrogen and oxygen atoms in total. The molecule has 0 radical (unpaired) electrons. The Labute approximate surface area is 176 Å². The first kappa shape index (κ1) is 24.9. The zero-order valence-electron chi connectivity index (χ0n) is 17.2. The third kappa shape index (κ3) is 7.68. The molecule has 0 aliphatic carbocycles. The summed E-state index contributed by atoms with van der Waals surface area (Å²) in [7, 11) is -3.10. The Morgan fingerprint density at radius 1 is 1.07 bits per heavy atom. The lowest BCUT2D eigenvalue weighted by atomic mass is 9.92. The maximum Gasteiger partial charge on any atom is 0.316 e. The third-order valence-corrected chi connectivity index (χ3v) is 5.66. The standard InChI is InChI=1S/C13H19FN2O.C7H9NO2S2/c1-7(2)10-5-9(14)6-11(8(3)4)12(10)16-13(15)17;1-12(9,10)7-4-2-3-6(5-7)11-8/h5-8H,1-4H3,(H3,15,16,17);2-5H,8H2,1H3. The second kappa shape index (κ2) is 10.6. The number of halogens is 1. The molecule has 0 saturated carbocycles. The number of amides is 2. The van der Waals surface area contributed by atoms with E-state index in [1.807, 2.05) is 27.7 Å². The average Bonchev–Trinajstić information content (AvgIpc) is 2.62. The zero-order chi connectivity index (χ0) is 22.4. The number of hydrogen-bond donors (Lipinski definition) is 3. The fourth-order valence-electron chi connectivity index (χ4n) is 2.61. The van der Waals surface area contributed by atoms with Crippen LogP contribution in [0, 0.1) is 5.82 Å². The molecule has 160 valence electrons. The molecular weight excluding hydrogens is 413 g/mol. The SMILES string of the molecule is CC(C)c1cc(F)cc(C(C)C)c1NC(N)=O.CS(=O)(=O)c1cccc(SN)c1. The van der Waals surface area contributed by atoms with Gasteiger partial charge in [-0.2, -0.15) is 0 Å². The van der Waals surface area contributed by atoms with Gasteiger partial charge < -0.3 is 11.1 Å². The smallest absolute Gasteiger partial charge is 0.316 e. The Bertz CT molecular complexity index is 932. The molecule has 29 heavy (non-hydrogen) atoms. The molecule has 0 aliphatic rings. The topological polar surface area (TPSA) is 115 Å². The number of primary amides is 1. The van der Waals surface area contributed by atoms with Gasteiger partial charge in [-0.05, 0) is 65.2 Å². The van der Waals surface area contributed by atoms with Crippen LogP contribution in [-0.2, 0) is 9.84 Å². The van der Waals surface area contributed by atoms with E-state index in [4.69, 9.17) is 10.9 Å². The van der Waals surface area contributed by atoms with Crippen molar-refractivity contribution in [1.29, 1.82) is 0 Å². The van der Waals surface area contributed by atoms with Crippen LogP contribution in [-0.4, -0.2) is 20.7 Å². The van der Waals surface area contributed by atoms with Gasteiger partial charge in [0.15, 0.2) is 9.84 Å². The Hall–Kier alpha value is -2.10. The molecule has 2 amide bonds. The van der Waals surface area contributed by atoms with Gasteiger partial charge >= 0.3 is 6.03 Å². The van der Waals surface area contributed by atoms with Crippen LogP contribution in [0.15, 0.2) is 46.2 Å². The molecule has 2 aromatic carbocycles. The van der Waals surface area contributed by atoms with Gasteiger partial charge in [0.05, 0.1) is 4.90 Å². The molecule has 0 unspecified atom stereocenters. The summed E-state index contributed by atoms with van der Waals surface area (Å²) in [4.78, 5) is 12.1. The molecule has 0 fully saturated rings. The van der Waals surface area contributed by atoms with Gasteiger partial charge in [0, 0.05) is 16.8 Å². The van der Waals surface area contributed by atoms with Crippen molar-refractivity contribution in [2.24, 2.45) is 10.9 Å². The average molecular weight is 442 g/mol. The summed E-state index contributed by atoms with van der Waals surface area (Å²) >= 11 is 1.03. The number of sulfone groups is 1. The molecule has 5 N–H and O–H groups in total. The maximum absolute atomic E-state index is 13.5. The number of rotatable bonds is 5. The van der Waals surface area contributed by atoms with Crippen molar-refractivity contribution in [3.63, 3.8) is 0 Å². The fourth-order valence-corrected chi connectivity index (χ4v) is 3.70. The molecule has 0 bridgehead atoms. The Morgan fingerprint density at radius 2 is 1.59 bits per heavy atom. The van der Waals surface area contributed by atoms with E-state index in [2.05, 4.69) is 5.32 Å². The highest BCUT2D eigenvalue weighted by Crippen LogP contribution is 2.33. The van der Waals surface area contributed by atoms with E-state index in [0.717, 1.165) is 28.0 Å². The summed E-state index contributed by atoms with van der Waals surface area (Å²) in [6.45, 7) is 7.80. The molecule has 0 aliphatic heterocycles. The minimum atomic E-state index is -3.10. The first-order valence-corrected chi connectivity index (χ1v) is 11.7. The van der Waals surface area contributed by atoms with E-state index in [0.29, 0.717) is 10.6 Å². The summed E-state index contributed by atoms with van der Waals surface area (Å²) < 4.78 is 35.6. The quantitative estimate of drug-likeness (QED) is 0.586. The van der Waals surface area contributed by atoms with Crippen LogP contribution in [0.2, 0.25) is 0 Å². The maximum atomic E-state index is 13.5. The number of hydrogen-bond acceptors (Lipinski definition) is 5. The van der Waals surface area contributed by atoms with Gasteiger partial charge in [-0.25, -0.2) is 17.6 Å². The number of anilines is 1. The lowest BCUT2D eigenvalue weighted by molar-refractivity contribution is 0.259. The fraction of sp³-hybridized carbons (Fsp3) is 0.350. The van der Waals surface area contributed by atoms with Crippen LogP contribution in [0.4, 0.5) is 14.9 Å². The van der Waals surface area contributed by atoms with Gasteiger partial charge in [0.2, 0.25) is 0 Å². The monoisotopic (exact) mass is 441 g/mol. The van der Waals surface area contributed by atoms with E-state index in [1.54, 1.807) is 24.3 Å². The van der Waals surface area contributed by atoms with Crippen molar-refractivity contribution < 1.29 is 17.6 Å². The summed E-state index contributed by atoms with van der Waals surface area (Å²) in [5.41, 5.74) is 7.34. The minimum Gasteiger partial charge on any atom is -0.351 e. The molecule has 2 rings (SSSR count). The molecule has 0 atom stereocenters. The van der Waals surface area contributed by atoms with Crippen LogP contribution < -0.4 is 16.2 Å². The Balaban J connectivity index is 0.000000308. The summed E-state index contributed by atoms with van der Waals surface area (Å²) in [6.07, 6.45) is 1.17. The molecule has 0 aromatic heterocycles. The normalized spacial score (nSPS) is 11.2. The number of benzene rings is 2. The van der Waals surface area contributed by atoms with Gasteiger partial charge in [0.1, 0.15) is 5.82 Å². The molecule has 2 aromatic rings. The summed E-state index contributed by atoms with van der Waals surface area (Å²) in [5, 5.41) is 7.89. The minimum absolute atomic E-state index is 0.116. The number of nitrogens with one attached hydrogen (secondary N) is 1. The van der Waals surface area contributed by atoms with Crippen molar-refractivity contribution in [1.82, 2.24) is 0 Å². The molecule has 0 heterocycles. The van der Waals surface area contributed by atoms with E-state index in [-0.39, 0.29) is 17.7 Å². The highest BCUT2D eigenvalue weighted by atomic mass is 32.2.